The van der Waals surface area contributed by atoms with Crippen LogP contribution >= 0.6 is 0 Å². The van der Waals surface area contributed by atoms with Crippen molar-refractivity contribution in [3.8, 4) is 0 Å². The summed E-state index contributed by atoms with van der Waals surface area (Å²) < 4.78 is 0. The first-order chi connectivity index (χ1) is 10.1. The minimum Gasteiger partial charge on any atom is -0.383 e. The van der Waals surface area contributed by atoms with Crippen LogP contribution in [0.5, 0.6) is 0 Å². The van der Waals surface area contributed by atoms with Crippen LogP contribution in [-0.2, 0) is 0 Å². The van der Waals surface area contributed by atoms with Gasteiger partial charge in [-0.15, -0.1) is 0 Å². The van der Waals surface area contributed by atoms with E-state index in [1.165, 1.54) is 6.42 Å². The molecule has 0 aliphatic carbocycles. The molecule has 0 spiro atoms. The summed E-state index contributed by atoms with van der Waals surface area (Å²) in [5, 5.41) is 1.74. The molecular formula is C17H21N3O. The molecule has 0 radical (unpaired) electrons. The van der Waals surface area contributed by atoms with Gasteiger partial charge in [0.05, 0.1) is 5.56 Å². The van der Waals surface area contributed by atoms with Crippen LogP contribution in [0.3, 0.4) is 0 Å². The van der Waals surface area contributed by atoms with Crippen LogP contribution in [0.4, 0.5) is 5.82 Å². The van der Waals surface area contributed by atoms with Crippen LogP contribution in [0.1, 0.15) is 43.5 Å². The zero-order valence-corrected chi connectivity index (χ0v) is 12.5. The normalized spacial score (nSPS) is 22.5. The number of piperidine rings is 1. The lowest BCUT2D eigenvalue weighted by Crippen LogP contribution is -2.47. The quantitative estimate of drug-likeness (QED) is 0.874. The summed E-state index contributed by atoms with van der Waals surface area (Å²) in [4.78, 5) is 19.2. The van der Waals surface area contributed by atoms with E-state index in [-0.39, 0.29) is 18.0 Å². The van der Waals surface area contributed by atoms with Crippen LogP contribution in [-0.4, -0.2) is 27.9 Å². The van der Waals surface area contributed by atoms with Crippen LogP contribution in [0.2, 0.25) is 0 Å². The highest BCUT2D eigenvalue weighted by atomic mass is 16.2. The summed E-state index contributed by atoms with van der Waals surface area (Å²) in [6, 6.07) is 8.26. The Morgan fingerprint density at radius 2 is 1.81 bits per heavy atom. The molecule has 2 N–H and O–H groups in total. The molecule has 1 aromatic heterocycles. The van der Waals surface area contributed by atoms with Crippen molar-refractivity contribution in [2.24, 2.45) is 0 Å². The van der Waals surface area contributed by atoms with Crippen LogP contribution in [0, 0.1) is 0 Å². The van der Waals surface area contributed by atoms with E-state index in [4.69, 9.17) is 5.73 Å². The first-order valence-corrected chi connectivity index (χ1v) is 7.55. The summed E-state index contributed by atoms with van der Waals surface area (Å²) in [5.41, 5.74) is 6.58. The third-order valence-corrected chi connectivity index (χ3v) is 4.48. The van der Waals surface area contributed by atoms with Gasteiger partial charge in [0.15, 0.2) is 0 Å². The molecule has 2 aromatic rings. The molecule has 4 heteroatoms. The first kappa shape index (κ1) is 13.9. The Kier molecular flexibility index (Phi) is 3.53. The van der Waals surface area contributed by atoms with Gasteiger partial charge in [-0.2, -0.15) is 0 Å². The zero-order valence-electron chi connectivity index (χ0n) is 12.5. The third kappa shape index (κ3) is 2.35. The molecule has 110 valence electrons. The highest BCUT2D eigenvalue weighted by Gasteiger charge is 2.30. The van der Waals surface area contributed by atoms with Gasteiger partial charge in [-0.1, -0.05) is 24.3 Å². The SMILES string of the molecule is C[C@@H]1CCC[C@H](C)N1C(=O)c1cnc(N)c2ccccc12. The number of fused-ring (bicyclic) bond motifs is 1. The van der Waals surface area contributed by atoms with E-state index < -0.39 is 0 Å². The number of hydrogen-bond donors (Lipinski definition) is 1. The number of carbonyl (C=O) groups excluding carboxylic acids is 1. The molecule has 3 rings (SSSR count). The number of carbonyl (C=O) groups is 1. The van der Waals surface area contributed by atoms with Crippen molar-refractivity contribution in [2.45, 2.75) is 45.2 Å². The zero-order chi connectivity index (χ0) is 15.0. The van der Waals surface area contributed by atoms with Crippen LogP contribution < -0.4 is 5.73 Å². The maximum atomic E-state index is 13.0. The number of aromatic nitrogens is 1. The van der Waals surface area contributed by atoms with Gasteiger partial charge in [-0.05, 0) is 38.5 Å². The predicted octanol–water partition coefficient (Wildman–Crippen LogP) is 3.22. The molecule has 1 saturated heterocycles. The fourth-order valence-corrected chi connectivity index (χ4v) is 3.35. The number of nitrogens with two attached hydrogens (primary N) is 1. The minimum atomic E-state index is 0.0680. The highest BCUT2D eigenvalue weighted by molar-refractivity contribution is 6.09. The lowest BCUT2D eigenvalue weighted by atomic mass is 9.95. The fraction of sp³-hybridized carbons (Fsp3) is 0.412. The van der Waals surface area contributed by atoms with Gasteiger partial charge in [0.2, 0.25) is 0 Å². The number of nitrogens with zero attached hydrogens (tertiary/aromatic N) is 2. The lowest BCUT2D eigenvalue weighted by Gasteiger charge is -2.39. The lowest BCUT2D eigenvalue weighted by molar-refractivity contribution is 0.0512. The Balaban J connectivity index is 2.08. The van der Waals surface area contributed by atoms with E-state index in [0.29, 0.717) is 11.4 Å². The fourth-order valence-electron chi connectivity index (χ4n) is 3.35. The summed E-state index contributed by atoms with van der Waals surface area (Å²) in [6.07, 6.45) is 4.94. The van der Waals surface area contributed by atoms with Gasteiger partial charge in [0, 0.05) is 23.7 Å². The second-order valence-corrected chi connectivity index (χ2v) is 5.94. The van der Waals surface area contributed by atoms with Crippen molar-refractivity contribution in [1.29, 1.82) is 0 Å². The second-order valence-electron chi connectivity index (χ2n) is 5.94. The number of rotatable bonds is 1. The Morgan fingerprint density at radius 1 is 1.19 bits per heavy atom. The Labute approximate surface area is 125 Å². The maximum absolute atomic E-state index is 13.0. The summed E-state index contributed by atoms with van der Waals surface area (Å²) in [5.74, 6) is 0.542. The van der Waals surface area contributed by atoms with Crippen molar-refractivity contribution >= 4 is 22.5 Å². The van der Waals surface area contributed by atoms with Crippen molar-refractivity contribution in [2.75, 3.05) is 5.73 Å². The molecule has 1 fully saturated rings. The van der Waals surface area contributed by atoms with E-state index in [9.17, 15) is 4.79 Å². The molecule has 2 atom stereocenters. The van der Waals surface area contributed by atoms with Gasteiger partial charge >= 0.3 is 0 Å². The molecule has 1 aromatic carbocycles. The molecule has 1 amide bonds. The number of pyridine rings is 1. The molecule has 2 heterocycles. The Hall–Kier alpha value is -2.10. The van der Waals surface area contributed by atoms with Crippen molar-refractivity contribution in [1.82, 2.24) is 9.88 Å². The number of amides is 1. The number of anilines is 1. The summed E-state index contributed by atoms with van der Waals surface area (Å²) in [6.45, 7) is 4.25. The van der Waals surface area contributed by atoms with Gasteiger partial charge in [0.25, 0.3) is 5.91 Å². The summed E-state index contributed by atoms with van der Waals surface area (Å²) >= 11 is 0. The molecule has 1 aliphatic rings. The van der Waals surface area contributed by atoms with Crippen LogP contribution in [0.15, 0.2) is 30.5 Å². The predicted molar refractivity (Wildman–Crippen MR) is 85.1 cm³/mol. The maximum Gasteiger partial charge on any atom is 0.256 e. The van der Waals surface area contributed by atoms with E-state index in [0.717, 1.165) is 23.6 Å². The smallest absolute Gasteiger partial charge is 0.256 e. The van der Waals surface area contributed by atoms with E-state index in [2.05, 4.69) is 18.8 Å². The standard InChI is InChI=1S/C17H21N3O/c1-11-6-5-7-12(2)20(11)17(21)15-10-19-16(18)14-9-4-3-8-13(14)15/h3-4,8-12H,5-7H2,1-2H3,(H2,18,19)/t11-,12+. The van der Waals surface area contributed by atoms with Gasteiger partial charge < -0.3 is 10.6 Å². The van der Waals surface area contributed by atoms with Crippen molar-refractivity contribution in [3.63, 3.8) is 0 Å². The summed E-state index contributed by atoms with van der Waals surface area (Å²) in [7, 11) is 0. The second kappa shape index (κ2) is 5.35. The number of benzene rings is 1. The largest absolute Gasteiger partial charge is 0.383 e. The highest BCUT2D eigenvalue weighted by Crippen LogP contribution is 2.28. The van der Waals surface area contributed by atoms with E-state index in [1.807, 2.05) is 29.2 Å². The van der Waals surface area contributed by atoms with Crippen molar-refractivity contribution < 1.29 is 4.79 Å². The molecule has 1 aliphatic heterocycles. The first-order valence-electron chi connectivity index (χ1n) is 7.55. The average molecular weight is 283 g/mol. The van der Waals surface area contributed by atoms with Crippen molar-refractivity contribution in [3.05, 3.63) is 36.0 Å². The van der Waals surface area contributed by atoms with E-state index >= 15 is 0 Å². The topological polar surface area (TPSA) is 59.2 Å². The molecular weight excluding hydrogens is 262 g/mol. The Bertz CT molecular complexity index is 673. The molecule has 21 heavy (non-hydrogen) atoms. The Morgan fingerprint density at radius 3 is 2.48 bits per heavy atom. The minimum absolute atomic E-state index is 0.0680. The van der Waals surface area contributed by atoms with E-state index in [1.54, 1.807) is 6.20 Å². The van der Waals surface area contributed by atoms with Crippen LogP contribution in [0.25, 0.3) is 10.8 Å². The molecule has 0 saturated carbocycles. The monoisotopic (exact) mass is 283 g/mol. The number of nitrogen functional groups attached to an aromatic ring is 1. The van der Waals surface area contributed by atoms with Gasteiger partial charge in [-0.3, -0.25) is 4.79 Å². The third-order valence-electron chi connectivity index (χ3n) is 4.48. The van der Waals surface area contributed by atoms with Gasteiger partial charge in [0.1, 0.15) is 5.82 Å². The average Bonchev–Trinajstić information content (AvgIpc) is 2.47. The molecule has 4 nitrogen and oxygen atoms in total. The van der Waals surface area contributed by atoms with Gasteiger partial charge in [-0.25, -0.2) is 4.98 Å². The molecule has 0 unspecified atom stereocenters. The number of hydrogen-bond acceptors (Lipinski definition) is 3. The number of likely N-dealkylation sites (tertiary alicyclic amines) is 1. The molecule has 0 bridgehead atoms.